The lowest BCUT2D eigenvalue weighted by molar-refractivity contribution is -0.130. The van der Waals surface area contributed by atoms with Crippen molar-refractivity contribution in [3.8, 4) is 0 Å². The Kier molecular flexibility index (Phi) is 4.69. The summed E-state index contributed by atoms with van der Waals surface area (Å²) in [6, 6.07) is 0. The Morgan fingerprint density at radius 2 is 2.00 bits per heavy atom. The van der Waals surface area contributed by atoms with Crippen molar-refractivity contribution < 1.29 is 9.59 Å². The molecule has 1 fully saturated rings. The first kappa shape index (κ1) is 14.2. The Balaban J connectivity index is 2.50. The summed E-state index contributed by atoms with van der Waals surface area (Å²) in [4.78, 5) is 25.6. The summed E-state index contributed by atoms with van der Waals surface area (Å²) in [5.41, 5.74) is -0.292. The Morgan fingerprint density at radius 1 is 1.35 bits per heavy atom. The second kappa shape index (κ2) is 5.63. The topological polar surface area (TPSA) is 49.4 Å². The van der Waals surface area contributed by atoms with Crippen LogP contribution in [0, 0.1) is 11.3 Å². The van der Waals surface area contributed by atoms with E-state index in [1.807, 2.05) is 20.8 Å². The van der Waals surface area contributed by atoms with Crippen LogP contribution in [0.15, 0.2) is 0 Å². The highest BCUT2D eigenvalue weighted by atomic mass is 16.2. The Labute approximate surface area is 104 Å². The maximum atomic E-state index is 11.9. The van der Waals surface area contributed by atoms with Crippen molar-refractivity contribution in [2.45, 2.75) is 33.6 Å². The van der Waals surface area contributed by atoms with E-state index in [2.05, 4.69) is 10.2 Å². The van der Waals surface area contributed by atoms with Gasteiger partial charge in [-0.1, -0.05) is 20.8 Å². The van der Waals surface area contributed by atoms with Crippen LogP contribution >= 0.6 is 0 Å². The first-order chi connectivity index (χ1) is 7.84. The number of likely N-dealkylation sites (tertiary alicyclic amines) is 1. The quantitative estimate of drug-likeness (QED) is 0.802. The number of rotatable bonds is 3. The van der Waals surface area contributed by atoms with Crippen molar-refractivity contribution in [2.24, 2.45) is 11.3 Å². The fourth-order valence-electron chi connectivity index (χ4n) is 2.06. The molecular weight excluding hydrogens is 216 g/mol. The molecule has 0 aromatic rings. The minimum atomic E-state index is -0.292. The van der Waals surface area contributed by atoms with E-state index in [-0.39, 0.29) is 23.0 Å². The highest BCUT2D eigenvalue weighted by Gasteiger charge is 2.29. The molecule has 1 heterocycles. The molecule has 0 spiro atoms. The molecule has 1 amide bonds. The van der Waals surface area contributed by atoms with Gasteiger partial charge in [0.05, 0.1) is 12.5 Å². The van der Waals surface area contributed by atoms with Gasteiger partial charge in [0.1, 0.15) is 0 Å². The summed E-state index contributed by atoms with van der Waals surface area (Å²) >= 11 is 0. The molecule has 1 unspecified atom stereocenters. The van der Waals surface area contributed by atoms with E-state index in [9.17, 15) is 9.59 Å². The maximum Gasteiger partial charge on any atom is 0.224 e. The van der Waals surface area contributed by atoms with Gasteiger partial charge in [0.25, 0.3) is 0 Å². The van der Waals surface area contributed by atoms with Gasteiger partial charge in [-0.05, 0) is 19.4 Å². The molecule has 4 nitrogen and oxygen atoms in total. The van der Waals surface area contributed by atoms with Gasteiger partial charge < -0.3 is 5.32 Å². The van der Waals surface area contributed by atoms with Crippen molar-refractivity contribution in [2.75, 3.05) is 26.7 Å². The van der Waals surface area contributed by atoms with Crippen LogP contribution in [0.3, 0.4) is 0 Å². The van der Waals surface area contributed by atoms with E-state index in [0.29, 0.717) is 13.1 Å². The smallest absolute Gasteiger partial charge is 0.224 e. The van der Waals surface area contributed by atoms with E-state index in [0.717, 1.165) is 19.4 Å². The largest absolute Gasteiger partial charge is 0.359 e. The van der Waals surface area contributed by atoms with Crippen LogP contribution in [0.25, 0.3) is 0 Å². The van der Waals surface area contributed by atoms with Crippen molar-refractivity contribution >= 4 is 11.7 Å². The lowest BCUT2D eigenvalue weighted by Gasteiger charge is -2.32. The molecule has 17 heavy (non-hydrogen) atoms. The first-order valence-corrected chi connectivity index (χ1v) is 6.32. The monoisotopic (exact) mass is 240 g/mol. The lowest BCUT2D eigenvalue weighted by Crippen LogP contribution is -2.45. The van der Waals surface area contributed by atoms with Crippen molar-refractivity contribution in [3.05, 3.63) is 0 Å². The van der Waals surface area contributed by atoms with Crippen LogP contribution in [0.1, 0.15) is 33.6 Å². The van der Waals surface area contributed by atoms with Crippen LogP contribution in [0.4, 0.5) is 0 Å². The average molecular weight is 240 g/mol. The normalized spacial score (nSPS) is 22.2. The standard InChI is InChI=1S/C13H24N2O2/c1-13(2,3)11(16)9-15-7-5-6-10(8-15)12(17)14-4/h10H,5-9H2,1-4H3,(H,14,17). The van der Waals surface area contributed by atoms with Crippen molar-refractivity contribution in [1.29, 1.82) is 0 Å². The number of amides is 1. The van der Waals surface area contributed by atoms with E-state index < -0.39 is 0 Å². The number of nitrogens with one attached hydrogen (secondary N) is 1. The summed E-state index contributed by atoms with van der Waals surface area (Å²) in [7, 11) is 1.67. The van der Waals surface area contributed by atoms with Crippen LogP contribution in [-0.2, 0) is 9.59 Å². The molecular formula is C13H24N2O2. The zero-order chi connectivity index (χ0) is 13.1. The predicted octanol–water partition coefficient (Wildman–Crippen LogP) is 1.06. The zero-order valence-electron chi connectivity index (χ0n) is 11.4. The zero-order valence-corrected chi connectivity index (χ0v) is 11.4. The fourth-order valence-corrected chi connectivity index (χ4v) is 2.06. The van der Waals surface area contributed by atoms with Crippen LogP contribution in [-0.4, -0.2) is 43.3 Å². The number of carbonyl (C=O) groups excluding carboxylic acids is 2. The summed E-state index contributed by atoms with van der Waals surface area (Å²) in [6.45, 7) is 7.92. The van der Waals surface area contributed by atoms with Crippen molar-refractivity contribution in [3.63, 3.8) is 0 Å². The summed E-state index contributed by atoms with van der Waals surface area (Å²) in [5, 5.41) is 2.69. The molecule has 0 aromatic carbocycles. The van der Waals surface area contributed by atoms with Gasteiger partial charge in [-0.15, -0.1) is 0 Å². The van der Waals surface area contributed by atoms with Gasteiger partial charge in [0.15, 0.2) is 5.78 Å². The molecule has 98 valence electrons. The fraction of sp³-hybridized carbons (Fsp3) is 0.846. The van der Waals surface area contributed by atoms with Gasteiger partial charge in [-0.3, -0.25) is 14.5 Å². The van der Waals surface area contributed by atoms with E-state index in [4.69, 9.17) is 0 Å². The average Bonchev–Trinajstić information content (AvgIpc) is 2.27. The number of piperidine rings is 1. The minimum absolute atomic E-state index is 0.0431. The highest BCUT2D eigenvalue weighted by Crippen LogP contribution is 2.20. The third-order valence-corrected chi connectivity index (χ3v) is 3.33. The van der Waals surface area contributed by atoms with Crippen LogP contribution in [0.5, 0.6) is 0 Å². The summed E-state index contributed by atoms with van der Waals surface area (Å²) in [5.74, 6) is 0.384. The van der Waals surface area contributed by atoms with Crippen molar-refractivity contribution in [1.82, 2.24) is 10.2 Å². The third kappa shape index (κ3) is 4.11. The molecule has 4 heteroatoms. The predicted molar refractivity (Wildman–Crippen MR) is 67.7 cm³/mol. The third-order valence-electron chi connectivity index (χ3n) is 3.33. The molecule has 0 radical (unpaired) electrons. The van der Waals surface area contributed by atoms with Crippen LogP contribution < -0.4 is 5.32 Å². The highest BCUT2D eigenvalue weighted by molar-refractivity contribution is 5.85. The molecule has 1 aliphatic rings. The lowest BCUT2D eigenvalue weighted by atomic mass is 9.89. The Bertz CT molecular complexity index is 294. The molecule has 0 aromatic heterocycles. The van der Waals surface area contributed by atoms with Crippen LogP contribution in [0.2, 0.25) is 0 Å². The molecule has 1 saturated heterocycles. The maximum absolute atomic E-state index is 11.9. The molecule has 1 N–H and O–H groups in total. The molecule has 0 bridgehead atoms. The van der Waals surface area contributed by atoms with E-state index >= 15 is 0 Å². The van der Waals surface area contributed by atoms with Gasteiger partial charge in [0.2, 0.25) is 5.91 Å². The van der Waals surface area contributed by atoms with Gasteiger partial charge in [0, 0.05) is 19.0 Å². The molecule has 0 saturated carbocycles. The van der Waals surface area contributed by atoms with E-state index in [1.165, 1.54) is 0 Å². The Hall–Kier alpha value is -0.900. The number of hydrogen-bond acceptors (Lipinski definition) is 3. The number of ketones is 1. The van der Waals surface area contributed by atoms with E-state index in [1.54, 1.807) is 7.05 Å². The van der Waals surface area contributed by atoms with Gasteiger partial charge in [-0.2, -0.15) is 0 Å². The molecule has 1 aliphatic heterocycles. The Morgan fingerprint density at radius 3 is 2.53 bits per heavy atom. The second-order valence-corrected chi connectivity index (χ2v) is 5.86. The number of carbonyl (C=O) groups is 2. The molecule has 1 atom stereocenters. The first-order valence-electron chi connectivity index (χ1n) is 6.32. The summed E-state index contributed by atoms with van der Waals surface area (Å²) in [6.07, 6.45) is 1.93. The molecule has 1 rings (SSSR count). The van der Waals surface area contributed by atoms with Gasteiger partial charge in [-0.25, -0.2) is 0 Å². The molecule has 0 aliphatic carbocycles. The van der Waals surface area contributed by atoms with Gasteiger partial charge >= 0.3 is 0 Å². The second-order valence-electron chi connectivity index (χ2n) is 5.86. The minimum Gasteiger partial charge on any atom is -0.359 e. The summed E-state index contributed by atoms with van der Waals surface area (Å²) < 4.78 is 0. The number of nitrogens with zero attached hydrogens (tertiary/aromatic N) is 1. The number of Topliss-reactive ketones (excluding diaryl/α,β-unsaturated/α-hetero) is 1. The number of hydrogen-bond donors (Lipinski definition) is 1. The SMILES string of the molecule is CNC(=O)C1CCCN(CC(=O)C(C)(C)C)C1.